The molecule has 0 aromatic carbocycles. The highest BCUT2D eigenvalue weighted by Crippen LogP contribution is 2.41. The minimum absolute atomic E-state index is 0.318. The predicted octanol–water partition coefficient (Wildman–Crippen LogP) is 0.702. The molecule has 5 atom stereocenters. The topological polar surface area (TPSA) is 89.3 Å². The number of fused-ring (bicyclic) bond motifs is 3. The lowest BCUT2D eigenvalue weighted by Gasteiger charge is -2.47. The first-order valence-corrected chi connectivity index (χ1v) is 7.11. The lowest BCUT2D eigenvalue weighted by Crippen LogP contribution is -2.64. The van der Waals surface area contributed by atoms with E-state index in [0.717, 1.165) is 0 Å². The molecule has 8 nitrogen and oxygen atoms in total. The van der Waals surface area contributed by atoms with E-state index >= 15 is 0 Å². The quantitative estimate of drug-likeness (QED) is 0.548. The average Bonchev–Trinajstić information content (AvgIpc) is 2.65. The molecule has 0 aromatic heterocycles. The van der Waals surface area contributed by atoms with Crippen LogP contribution in [0.25, 0.3) is 0 Å². The summed E-state index contributed by atoms with van der Waals surface area (Å²) in [5, 5.41) is 10.8. The van der Waals surface area contributed by atoms with Crippen LogP contribution in [0.3, 0.4) is 0 Å². The first-order chi connectivity index (χ1) is 9.67. The standard InChI is InChI=1S/C13H21NO7/c1-12(2)17-6-8-10(19-12)11-9(20-13(3,4)21-11)7(18-8)5-14(15)16/h7-11H,5-6H2,1-4H3/t7-,8+,9-,10+,11+/m0/s1. The SMILES string of the molecule is CC1(C)O[C@@H]2[C@@H](O1)[C@H](C[N+](=O)[O-])O[C@@H]1COC(C)(C)O[C@@H]21. The van der Waals surface area contributed by atoms with E-state index in [1.165, 1.54) is 0 Å². The molecule has 3 aliphatic heterocycles. The van der Waals surface area contributed by atoms with Gasteiger partial charge in [0, 0.05) is 4.92 Å². The van der Waals surface area contributed by atoms with E-state index in [-0.39, 0.29) is 18.8 Å². The van der Waals surface area contributed by atoms with Crippen molar-refractivity contribution in [2.24, 2.45) is 0 Å². The first-order valence-electron chi connectivity index (χ1n) is 7.11. The zero-order valence-electron chi connectivity index (χ0n) is 12.6. The second-order valence-corrected chi connectivity index (χ2v) is 6.59. The molecular weight excluding hydrogens is 282 g/mol. The van der Waals surface area contributed by atoms with Gasteiger partial charge in [-0.25, -0.2) is 0 Å². The van der Waals surface area contributed by atoms with Gasteiger partial charge >= 0.3 is 0 Å². The molecule has 0 unspecified atom stereocenters. The van der Waals surface area contributed by atoms with Crippen molar-refractivity contribution in [2.75, 3.05) is 13.2 Å². The zero-order chi connectivity index (χ0) is 15.4. The molecule has 3 saturated heterocycles. The third kappa shape index (κ3) is 2.91. The molecule has 21 heavy (non-hydrogen) atoms. The smallest absolute Gasteiger partial charge is 0.232 e. The van der Waals surface area contributed by atoms with Crippen LogP contribution in [0.1, 0.15) is 27.7 Å². The molecule has 0 bridgehead atoms. The third-order valence-corrected chi connectivity index (χ3v) is 3.91. The van der Waals surface area contributed by atoms with Crippen molar-refractivity contribution in [2.45, 2.75) is 69.8 Å². The monoisotopic (exact) mass is 303 g/mol. The summed E-state index contributed by atoms with van der Waals surface area (Å²) in [6.07, 6.45) is -2.32. The maximum absolute atomic E-state index is 10.8. The van der Waals surface area contributed by atoms with Crippen molar-refractivity contribution >= 4 is 0 Å². The van der Waals surface area contributed by atoms with Gasteiger partial charge in [-0.3, -0.25) is 10.1 Å². The Bertz CT molecular complexity index is 438. The molecule has 3 heterocycles. The van der Waals surface area contributed by atoms with Gasteiger partial charge in [-0.1, -0.05) is 0 Å². The van der Waals surface area contributed by atoms with Crippen LogP contribution in [0.2, 0.25) is 0 Å². The van der Waals surface area contributed by atoms with Gasteiger partial charge in [0.1, 0.15) is 24.4 Å². The van der Waals surface area contributed by atoms with Gasteiger partial charge in [0.05, 0.1) is 6.61 Å². The molecule has 0 aliphatic carbocycles. The highest BCUT2D eigenvalue weighted by atomic mass is 16.8. The Hall–Kier alpha value is -0.800. The van der Waals surface area contributed by atoms with Crippen molar-refractivity contribution in [3.05, 3.63) is 10.1 Å². The normalized spacial score (nSPS) is 43.9. The van der Waals surface area contributed by atoms with Crippen LogP contribution in [0.4, 0.5) is 0 Å². The minimum Gasteiger partial charge on any atom is -0.360 e. The summed E-state index contributed by atoms with van der Waals surface area (Å²) >= 11 is 0. The third-order valence-electron chi connectivity index (χ3n) is 3.91. The molecule has 0 radical (unpaired) electrons. The molecule has 3 rings (SSSR count). The summed E-state index contributed by atoms with van der Waals surface area (Å²) in [6.45, 7) is 7.21. The van der Waals surface area contributed by atoms with Crippen LogP contribution < -0.4 is 0 Å². The number of nitrogens with zero attached hydrogens (tertiary/aromatic N) is 1. The van der Waals surface area contributed by atoms with Crippen LogP contribution in [0.15, 0.2) is 0 Å². The molecule has 0 N–H and O–H groups in total. The minimum atomic E-state index is -0.811. The van der Waals surface area contributed by atoms with Crippen LogP contribution in [0.5, 0.6) is 0 Å². The Balaban J connectivity index is 1.84. The van der Waals surface area contributed by atoms with Crippen LogP contribution >= 0.6 is 0 Å². The highest BCUT2D eigenvalue weighted by Gasteiger charge is 2.59. The van der Waals surface area contributed by atoms with Crippen LogP contribution in [-0.4, -0.2) is 60.2 Å². The van der Waals surface area contributed by atoms with Gasteiger partial charge in [0.15, 0.2) is 17.7 Å². The Labute approximate surface area is 122 Å². The molecule has 0 saturated carbocycles. The Morgan fingerprint density at radius 1 is 1.05 bits per heavy atom. The molecule has 3 aliphatic rings. The summed E-state index contributed by atoms with van der Waals surface area (Å²) in [5.41, 5.74) is 0. The van der Waals surface area contributed by atoms with E-state index in [0.29, 0.717) is 6.61 Å². The van der Waals surface area contributed by atoms with Crippen molar-refractivity contribution in [3.63, 3.8) is 0 Å². The van der Waals surface area contributed by atoms with Crippen molar-refractivity contribution in [3.8, 4) is 0 Å². The number of ether oxygens (including phenoxy) is 5. The number of hydrogen-bond acceptors (Lipinski definition) is 7. The van der Waals surface area contributed by atoms with Gasteiger partial charge in [0.2, 0.25) is 6.54 Å². The van der Waals surface area contributed by atoms with E-state index in [1.54, 1.807) is 13.8 Å². The highest BCUT2D eigenvalue weighted by molar-refractivity contribution is 5.01. The van der Waals surface area contributed by atoms with Crippen molar-refractivity contribution < 1.29 is 28.6 Å². The lowest BCUT2D eigenvalue weighted by atomic mass is 9.94. The average molecular weight is 303 g/mol. The van der Waals surface area contributed by atoms with Crippen molar-refractivity contribution in [1.29, 1.82) is 0 Å². The van der Waals surface area contributed by atoms with Crippen LogP contribution in [-0.2, 0) is 23.7 Å². The van der Waals surface area contributed by atoms with E-state index in [4.69, 9.17) is 23.7 Å². The zero-order valence-corrected chi connectivity index (χ0v) is 12.6. The number of rotatable bonds is 2. The van der Waals surface area contributed by atoms with Gasteiger partial charge in [0.25, 0.3) is 0 Å². The Morgan fingerprint density at radius 2 is 1.67 bits per heavy atom. The summed E-state index contributed by atoms with van der Waals surface area (Å²) in [4.78, 5) is 10.4. The largest absolute Gasteiger partial charge is 0.360 e. The molecule has 3 fully saturated rings. The maximum atomic E-state index is 10.8. The van der Waals surface area contributed by atoms with E-state index < -0.39 is 34.8 Å². The molecule has 0 aromatic rings. The number of nitro groups is 1. The number of hydrogen-bond donors (Lipinski definition) is 0. The Morgan fingerprint density at radius 3 is 2.33 bits per heavy atom. The van der Waals surface area contributed by atoms with Gasteiger partial charge in [-0.15, -0.1) is 0 Å². The molecular formula is C13H21NO7. The lowest BCUT2D eigenvalue weighted by molar-refractivity contribution is -0.500. The molecule has 0 amide bonds. The molecule has 0 spiro atoms. The second kappa shape index (κ2) is 4.85. The summed E-state index contributed by atoms with van der Waals surface area (Å²) < 4.78 is 29.0. The molecule has 8 heteroatoms. The van der Waals surface area contributed by atoms with Gasteiger partial charge in [-0.05, 0) is 27.7 Å². The summed E-state index contributed by atoms with van der Waals surface area (Å²) in [5.74, 6) is -1.55. The van der Waals surface area contributed by atoms with E-state index in [1.807, 2.05) is 13.8 Å². The fraction of sp³-hybridized carbons (Fsp3) is 1.00. The maximum Gasteiger partial charge on any atom is 0.232 e. The van der Waals surface area contributed by atoms with Gasteiger partial charge in [-0.2, -0.15) is 0 Å². The first kappa shape index (κ1) is 15.1. The van der Waals surface area contributed by atoms with Crippen molar-refractivity contribution in [1.82, 2.24) is 0 Å². The Kier molecular flexibility index (Phi) is 3.49. The van der Waals surface area contributed by atoms with Gasteiger partial charge < -0.3 is 23.7 Å². The summed E-state index contributed by atoms with van der Waals surface area (Å²) in [6, 6.07) is 0. The molecule has 120 valence electrons. The van der Waals surface area contributed by atoms with E-state index in [9.17, 15) is 10.1 Å². The van der Waals surface area contributed by atoms with Crippen LogP contribution in [0, 0.1) is 10.1 Å². The van der Waals surface area contributed by atoms with E-state index in [2.05, 4.69) is 0 Å². The second-order valence-electron chi connectivity index (χ2n) is 6.59. The summed E-state index contributed by atoms with van der Waals surface area (Å²) in [7, 11) is 0. The fourth-order valence-electron chi connectivity index (χ4n) is 3.17. The fourth-order valence-corrected chi connectivity index (χ4v) is 3.17. The predicted molar refractivity (Wildman–Crippen MR) is 69.3 cm³/mol.